The van der Waals surface area contributed by atoms with Crippen LogP contribution in [-0.4, -0.2) is 30.7 Å². The first-order valence-corrected chi connectivity index (χ1v) is 7.52. The first kappa shape index (κ1) is 14.7. The molecule has 0 aliphatic heterocycles. The van der Waals surface area contributed by atoms with Crippen molar-refractivity contribution in [3.05, 3.63) is 28.4 Å². The van der Waals surface area contributed by atoms with E-state index in [9.17, 15) is 18.5 Å². The summed E-state index contributed by atoms with van der Waals surface area (Å²) >= 11 is 0. The molecule has 0 fully saturated rings. The van der Waals surface area contributed by atoms with Gasteiger partial charge < -0.3 is 14.9 Å². The first-order chi connectivity index (χ1) is 8.40. The van der Waals surface area contributed by atoms with Gasteiger partial charge in [0, 0.05) is 10.7 Å². The van der Waals surface area contributed by atoms with E-state index < -0.39 is 14.0 Å². The largest absolute Gasteiger partial charge is 0.486 e. The summed E-state index contributed by atoms with van der Waals surface area (Å²) in [6, 6.07) is 2.95. The number of rotatable bonds is 7. The van der Waals surface area contributed by atoms with Crippen LogP contribution < -0.4 is 4.74 Å². The van der Waals surface area contributed by atoms with E-state index in [0.717, 1.165) is 0 Å². The topological polar surface area (TPSA) is 99.4 Å². The smallest absolute Gasteiger partial charge is 0.406 e. The number of ether oxygens (including phenoxy) is 1. The van der Waals surface area contributed by atoms with Gasteiger partial charge in [-0.25, -0.2) is 8.42 Å². The summed E-state index contributed by atoms with van der Waals surface area (Å²) in [5, 5.41) is 10.6. The lowest BCUT2D eigenvalue weighted by Crippen LogP contribution is -2.04. The van der Waals surface area contributed by atoms with Crippen molar-refractivity contribution in [2.24, 2.45) is 0 Å². The number of unbranched alkanes of at least 4 members (excludes halogenated alkanes) is 1. The third kappa shape index (κ3) is 5.28. The Labute approximate surface area is 108 Å². The second kappa shape index (κ2) is 6.50. The van der Waals surface area contributed by atoms with E-state index in [1.165, 1.54) is 18.3 Å². The Morgan fingerprint density at radius 1 is 1.44 bits per heavy atom. The first-order valence-electron chi connectivity index (χ1n) is 5.05. The molecule has 0 unspecified atom stereocenters. The molecule has 18 heavy (non-hydrogen) atoms. The molecule has 0 saturated carbocycles. The van der Waals surface area contributed by atoms with Gasteiger partial charge in [-0.1, -0.05) is 0 Å². The van der Waals surface area contributed by atoms with E-state index in [1.54, 1.807) is 0 Å². The number of aromatic nitrogens is 1. The van der Waals surface area contributed by atoms with E-state index in [4.69, 9.17) is 15.4 Å². The molecule has 0 radical (unpaired) electrons. The van der Waals surface area contributed by atoms with E-state index >= 15 is 0 Å². The molecule has 0 spiro atoms. The summed E-state index contributed by atoms with van der Waals surface area (Å²) < 4.78 is 26.4. The summed E-state index contributed by atoms with van der Waals surface area (Å²) in [6.07, 6.45) is 2.06. The number of pyridine rings is 1. The van der Waals surface area contributed by atoms with Crippen LogP contribution in [0, 0.1) is 10.1 Å². The van der Waals surface area contributed by atoms with Gasteiger partial charge in [0.1, 0.15) is 6.20 Å². The lowest BCUT2D eigenvalue weighted by Gasteiger charge is -2.05. The number of hydrogen-bond acceptors (Lipinski definition) is 6. The van der Waals surface area contributed by atoms with Crippen LogP contribution >= 0.6 is 10.7 Å². The minimum Gasteiger partial charge on any atom is -0.486 e. The molecule has 1 heterocycles. The standard InChI is InChI=1S/C9H11ClN2O5S/c10-18(15,16)7-2-1-6-17-8-4-3-5-11-9(8)12(13)14/h3-5H,1-2,6-7H2. The average Bonchev–Trinajstić information content (AvgIpc) is 2.27. The molecule has 0 saturated heterocycles. The zero-order valence-corrected chi connectivity index (χ0v) is 10.9. The highest BCUT2D eigenvalue weighted by Crippen LogP contribution is 2.22. The Kier molecular flexibility index (Phi) is 5.29. The van der Waals surface area contributed by atoms with Gasteiger partial charge in [-0.2, -0.15) is 0 Å². The predicted octanol–water partition coefficient (Wildman–Crippen LogP) is 1.72. The molecular weight excluding hydrogens is 284 g/mol. The molecule has 0 aromatic carbocycles. The highest BCUT2D eigenvalue weighted by molar-refractivity contribution is 8.13. The molecule has 7 nitrogen and oxygen atoms in total. The average molecular weight is 295 g/mol. The molecule has 0 bridgehead atoms. The quantitative estimate of drug-likeness (QED) is 0.328. The molecule has 0 aliphatic carbocycles. The van der Waals surface area contributed by atoms with Gasteiger partial charge in [0.05, 0.1) is 12.4 Å². The van der Waals surface area contributed by atoms with Gasteiger partial charge in [-0.15, -0.1) is 0 Å². The Bertz CT molecular complexity index is 519. The predicted molar refractivity (Wildman–Crippen MR) is 65.3 cm³/mol. The van der Waals surface area contributed by atoms with Gasteiger partial charge >= 0.3 is 5.82 Å². The van der Waals surface area contributed by atoms with Crippen molar-refractivity contribution in [1.82, 2.24) is 4.98 Å². The van der Waals surface area contributed by atoms with E-state index in [-0.39, 0.29) is 23.9 Å². The molecule has 100 valence electrons. The zero-order chi connectivity index (χ0) is 13.6. The monoisotopic (exact) mass is 294 g/mol. The maximum absolute atomic E-state index is 10.6. The number of hydrogen-bond donors (Lipinski definition) is 0. The van der Waals surface area contributed by atoms with Gasteiger partial charge in [-0.3, -0.25) is 0 Å². The lowest BCUT2D eigenvalue weighted by molar-refractivity contribution is -0.390. The fourth-order valence-corrected chi connectivity index (χ4v) is 2.07. The van der Waals surface area contributed by atoms with Crippen LogP contribution in [0.25, 0.3) is 0 Å². The van der Waals surface area contributed by atoms with Crippen LogP contribution in [-0.2, 0) is 9.05 Å². The highest BCUT2D eigenvalue weighted by atomic mass is 35.7. The zero-order valence-electron chi connectivity index (χ0n) is 9.28. The summed E-state index contributed by atoms with van der Waals surface area (Å²) in [5.74, 6) is -0.439. The van der Waals surface area contributed by atoms with Crippen molar-refractivity contribution in [2.45, 2.75) is 12.8 Å². The van der Waals surface area contributed by atoms with Crippen LogP contribution in [0.2, 0.25) is 0 Å². The summed E-state index contributed by atoms with van der Waals surface area (Å²) in [6.45, 7) is 0.166. The SMILES string of the molecule is O=[N+]([O-])c1ncccc1OCCCCS(=O)(=O)Cl. The van der Waals surface area contributed by atoms with Crippen molar-refractivity contribution < 1.29 is 18.1 Å². The second-order valence-electron chi connectivity index (χ2n) is 3.38. The van der Waals surface area contributed by atoms with E-state index in [0.29, 0.717) is 12.8 Å². The van der Waals surface area contributed by atoms with Crippen LogP contribution in [0.15, 0.2) is 18.3 Å². The molecule has 1 aromatic heterocycles. The fraction of sp³-hybridized carbons (Fsp3) is 0.444. The van der Waals surface area contributed by atoms with E-state index in [2.05, 4.69) is 4.98 Å². The number of nitro groups is 1. The third-order valence-corrected chi connectivity index (χ3v) is 3.20. The second-order valence-corrected chi connectivity index (χ2v) is 6.28. The molecule has 0 aliphatic rings. The van der Waals surface area contributed by atoms with E-state index in [1.807, 2.05) is 0 Å². The van der Waals surface area contributed by atoms with Crippen molar-refractivity contribution >= 4 is 25.6 Å². The summed E-state index contributed by atoms with van der Waals surface area (Å²) in [7, 11) is 1.53. The maximum Gasteiger partial charge on any atom is 0.406 e. The van der Waals surface area contributed by atoms with Gasteiger partial charge in [0.2, 0.25) is 14.8 Å². The van der Waals surface area contributed by atoms with Crippen LogP contribution in [0.3, 0.4) is 0 Å². The molecular formula is C9H11ClN2O5S. The summed E-state index contributed by atoms with van der Waals surface area (Å²) in [4.78, 5) is 13.5. The van der Waals surface area contributed by atoms with Gasteiger partial charge in [-0.05, 0) is 34.9 Å². The minimum absolute atomic E-state index is 0.0660. The van der Waals surface area contributed by atoms with Crippen molar-refractivity contribution in [2.75, 3.05) is 12.4 Å². The fourth-order valence-electron chi connectivity index (χ4n) is 1.19. The van der Waals surface area contributed by atoms with Crippen LogP contribution in [0.4, 0.5) is 5.82 Å². The van der Waals surface area contributed by atoms with Crippen LogP contribution in [0.5, 0.6) is 5.75 Å². The Morgan fingerprint density at radius 2 is 2.17 bits per heavy atom. The molecule has 1 rings (SSSR count). The molecule has 0 amide bonds. The van der Waals surface area contributed by atoms with Crippen molar-refractivity contribution in [3.8, 4) is 5.75 Å². The van der Waals surface area contributed by atoms with Gasteiger partial charge in [0.25, 0.3) is 0 Å². The third-order valence-electron chi connectivity index (χ3n) is 1.96. The lowest BCUT2D eigenvalue weighted by atomic mass is 10.3. The molecule has 0 N–H and O–H groups in total. The molecule has 9 heteroatoms. The number of nitrogens with zero attached hydrogens (tertiary/aromatic N) is 2. The minimum atomic E-state index is -3.49. The molecule has 1 aromatic rings. The normalized spacial score (nSPS) is 11.2. The van der Waals surface area contributed by atoms with Crippen LogP contribution in [0.1, 0.15) is 12.8 Å². The molecule has 0 atom stereocenters. The van der Waals surface area contributed by atoms with Crippen molar-refractivity contribution in [1.29, 1.82) is 0 Å². The van der Waals surface area contributed by atoms with Gasteiger partial charge in [0.15, 0.2) is 0 Å². The summed E-state index contributed by atoms with van der Waals surface area (Å²) in [5.41, 5.74) is 0. The Hall–Kier alpha value is -1.41. The van der Waals surface area contributed by atoms with Crippen molar-refractivity contribution in [3.63, 3.8) is 0 Å². The Balaban J connectivity index is 2.42. The number of halogens is 1. The maximum atomic E-state index is 10.6. The highest BCUT2D eigenvalue weighted by Gasteiger charge is 2.15. The Morgan fingerprint density at radius 3 is 2.78 bits per heavy atom.